The Balaban J connectivity index is 2.45. The first-order valence-corrected chi connectivity index (χ1v) is 13.5. The molecule has 2 amide bonds. The van der Waals surface area contributed by atoms with Gasteiger partial charge in [0.2, 0.25) is 11.8 Å². The number of ether oxygens (including phenoxy) is 1. The molecule has 2 rings (SSSR count). The summed E-state index contributed by atoms with van der Waals surface area (Å²) >= 11 is 0. The van der Waals surface area contributed by atoms with Crippen molar-refractivity contribution in [3.05, 3.63) is 60.2 Å². The third-order valence-electron chi connectivity index (χ3n) is 5.77. The zero-order valence-electron chi connectivity index (χ0n) is 21.8. The number of carbonyl (C=O) groups is 2. The molecule has 0 fully saturated rings. The number of nitrogens with zero attached hydrogens (tertiary/aromatic N) is 3. The number of methoxy groups -OCH3 is 1. The second kappa shape index (κ2) is 13.8. The van der Waals surface area contributed by atoms with Crippen LogP contribution in [0.4, 0.5) is 5.69 Å². The van der Waals surface area contributed by atoms with Gasteiger partial charge in [0.1, 0.15) is 18.3 Å². The monoisotopic (exact) mass is 518 g/mol. The van der Waals surface area contributed by atoms with Crippen LogP contribution >= 0.6 is 0 Å². The maximum atomic E-state index is 13.8. The van der Waals surface area contributed by atoms with Crippen LogP contribution in [-0.4, -0.2) is 69.8 Å². The second-order valence-corrected chi connectivity index (χ2v) is 10.6. The minimum atomic E-state index is -3.98. The second-order valence-electron chi connectivity index (χ2n) is 8.57. The van der Waals surface area contributed by atoms with Crippen molar-refractivity contribution in [2.45, 2.75) is 45.7 Å². The molecule has 10 heteroatoms. The Morgan fingerprint density at radius 3 is 2.31 bits per heavy atom. The first kappa shape index (κ1) is 29.1. The molecule has 2 aromatic rings. The van der Waals surface area contributed by atoms with E-state index in [1.54, 1.807) is 49.6 Å². The fourth-order valence-electron chi connectivity index (χ4n) is 3.70. The fourth-order valence-corrected chi connectivity index (χ4v) is 4.76. The maximum Gasteiger partial charge on any atom is 0.304 e. The first-order chi connectivity index (χ1) is 17.1. The van der Waals surface area contributed by atoms with Crippen LogP contribution in [0.25, 0.3) is 0 Å². The number of amides is 2. The van der Waals surface area contributed by atoms with Gasteiger partial charge in [0.15, 0.2) is 0 Å². The highest BCUT2D eigenvalue weighted by molar-refractivity contribution is 7.90. The minimum absolute atomic E-state index is 0.125. The molecule has 1 N–H and O–H groups in total. The summed E-state index contributed by atoms with van der Waals surface area (Å²) in [4.78, 5) is 28.3. The molecule has 198 valence electrons. The minimum Gasteiger partial charge on any atom is -0.497 e. The van der Waals surface area contributed by atoms with E-state index in [0.717, 1.165) is 27.0 Å². The number of rotatable bonds is 14. The molecule has 0 unspecified atom stereocenters. The zero-order valence-corrected chi connectivity index (χ0v) is 22.6. The highest BCUT2D eigenvalue weighted by Gasteiger charge is 2.33. The molecule has 1 atom stereocenters. The van der Waals surface area contributed by atoms with Crippen molar-refractivity contribution in [1.82, 2.24) is 14.5 Å². The maximum absolute atomic E-state index is 13.8. The lowest BCUT2D eigenvalue weighted by molar-refractivity contribution is -0.140. The summed E-state index contributed by atoms with van der Waals surface area (Å²) in [5.41, 5.74) is 1.13. The summed E-state index contributed by atoms with van der Waals surface area (Å²) in [5.74, 6) is -0.116. The van der Waals surface area contributed by atoms with E-state index in [0.29, 0.717) is 24.4 Å². The van der Waals surface area contributed by atoms with Crippen LogP contribution in [0.5, 0.6) is 5.75 Å². The molecule has 36 heavy (non-hydrogen) atoms. The largest absolute Gasteiger partial charge is 0.497 e. The quantitative estimate of drug-likeness (QED) is 0.388. The highest BCUT2D eigenvalue weighted by Crippen LogP contribution is 2.22. The number of unbranched alkanes of at least 4 members (excludes halogenated alkanes) is 1. The van der Waals surface area contributed by atoms with E-state index in [1.807, 2.05) is 26.0 Å². The van der Waals surface area contributed by atoms with Crippen LogP contribution < -0.4 is 14.4 Å². The standard InChI is InChI=1S/C26H38N4O5S/c1-6-8-17-27-26(32)24(7-2)29(19-21-13-12-16-23(18-21)35-5)25(31)20-30(36(33,34)28(3)4)22-14-10-9-11-15-22/h9-16,18,24H,6-8,17,19-20H2,1-5H3,(H,27,32)/t24-/m0/s1. The van der Waals surface area contributed by atoms with Crippen LogP contribution in [-0.2, 0) is 26.3 Å². The summed E-state index contributed by atoms with van der Waals surface area (Å²) in [7, 11) is 0.415. The van der Waals surface area contributed by atoms with Crippen LogP contribution in [0.3, 0.4) is 0 Å². The summed E-state index contributed by atoms with van der Waals surface area (Å²) < 4.78 is 33.8. The predicted octanol–water partition coefficient (Wildman–Crippen LogP) is 3.03. The third-order valence-corrected chi connectivity index (χ3v) is 7.59. The van der Waals surface area contributed by atoms with Gasteiger partial charge in [-0.15, -0.1) is 0 Å². The molecule has 0 aliphatic heterocycles. The van der Waals surface area contributed by atoms with Crippen molar-refractivity contribution in [1.29, 1.82) is 0 Å². The van der Waals surface area contributed by atoms with Crippen molar-refractivity contribution in [2.75, 3.05) is 38.6 Å². The first-order valence-electron chi connectivity index (χ1n) is 12.1. The molecular formula is C26H38N4O5S. The molecule has 0 bridgehead atoms. The fraction of sp³-hybridized carbons (Fsp3) is 0.462. The molecule has 0 aliphatic rings. The summed E-state index contributed by atoms with van der Waals surface area (Å²) in [6.45, 7) is 4.05. The van der Waals surface area contributed by atoms with Gasteiger partial charge in [-0.05, 0) is 42.7 Å². The molecule has 0 spiro atoms. The number of hydrogen-bond acceptors (Lipinski definition) is 5. The van der Waals surface area contributed by atoms with Gasteiger partial charge in [0.25, 0.3) is 0 Å². The van der Waals surface area contributed by atoms with Gasteiger partial charge < -0.3 is 15.0 Å². The SMILES string of the molecule is CCCCNC(=O)[C@H](CC)N(Cc1cccc(OC)c1)C(=O)CN(c1ccccc1)S(=O)(=O)N(C)C. The third kappa shape index (κ3) is 7.69. The van der Waals surface area contributed by atoms with Gasteiger partial charge >= 0.3 is 10.2 Å². The van der Waals surface area contributed by atoms with Crippen LogP contribution in [0.2, 0.25) is 0 Å². The number of carbonyl (C=O) groups excluding carboxylic acids is 2. The Morgan fingerprint density at radius 1 is 1.03 bits per heavy atom. The van der Waals surface area contributed by atoms with Crippen LogP contribution in [0, 0.1) is 0 Å². The Kier molecular flexibility index (Phi) is 11.2. The zero-order chi connectivity index (χ0) is 26.7. The number of nitrogens with one attached hydrogen (secondary N) is 1. The molecule has 0 aliphatic carbocycles. The summed E-state index contributed by atoms with van der Waals surface area (Å²) in [5, 5.41) is 2.91. The average molecular weight is 519 g/mol. The summed E-state index contributed by atoms with van der Waals surface area (Å²) in [6, 6.07) is 14.9. The van der Waals surface area contributed by atoms with E-state index >= 15 is 0 Å². The van der Waals surface area contributed by atoms with E-state index in [4.69, 9.17) is 4.74 Å². The van der Waals surface area contributed by atoms with Gasteiger partial charge in [-0.2, -0.15) is 12.7 Å². The van der Waals surface area contributed by atoms with Crippen LogP contribution in [0.1, 0.15) is 38.7 Å². The van der Waals surface area contributed by atoms with Gasteiger partial charge in [0.05, 0.1) is 12.8 Å². The van der Waals surface area contributed by atoms with Crippen molar-refractivity contribution < 1.29 is 22.7 Å². The lowest BCUT2D eigenvalue weighted by Crippen LogP contribution is -2.53. The van der Waals surface area contributed by atoms with E-state index in [-0.39, 0.29) is 12.5 Å². The topological polar surface area (TPSA) is 99.3 Å². The van der Waals surface area contributed by atoms with E-state index in [9.17, 15) is 18.0 Å². The Labute approximate surface area is 215 Å². The molecule has 0 radical (unpaired) electrons. The van der Waals surface area contributed by atoms with Crippen molar-refractivity contribution >= 4 is 27.7 Å². The Morgan fingerprint density at radius 2 is 1.72 bits per heavy atom. The van der Waals surface area contributed by atoms with Crippen LogP contribution in [0.15, 0.2) is 54.6 Å². The van der Waals surface area contributed by atoms with Gasteiger partial charge in [0, 0.05) is 27.2 Å². The van der Waals surface area contributed by atoms with E-state index in [1.165, 1.54) is 19.0 Å². The molecule has 0 saturated carbocycles. The van der Waals surface area contributed by atoms with Gasteiger partial charge in [-0.3, -0.25) is 9.59 Å². The average Bonchev–Trinajstić information content (AvgIpc) is 2.87. The van der Waals surface area contributed by atoms with Gasteiger partial charge in [-0.25, -0.2) is 4.31 Å². The van der Waals surface area contributed by atoms with Crippen molar-refractivity contribution in [3.63, 3.8) is 0 Å². The van der Waals surface area contributed by atoms with Gasteiger partial charge in [-0.1, -0.05) is 50.6 Å². The highest BCUT2D eigenvalue weighted by atomic mass is 32.2. The molecule has 9 nitrogen and oxygen atoms in total. The number of para-hydroxylation sites is 1. The number of anilines is 1. The van der Waals surface area contributed by atoms with Crippen molar-refractivity contribution in [3.8, 4) is 5.75 Å². The normalized spacial score (nSPS) is 12.2. The van der Waals surface area contributed by atoms with Crippen molar-refractivity contribution in [2.24, 2.45) is 0 Å². The molecule has 0 aromatic heterocycles. The number of benzene rings is 2. The Bertz CT molecular complexity index is 1090. The molecule has 2 aromatic carbocycles. The predicted molar refractivity (Wildman–Crippen MR) is 142 cm³/mol. The lowest BCUT2D eigenvalue weighted by Gasteiger charge is -2.34. The Hall–Kier alpha value is -3.11. The molecule has 0 saturated heterocycles. The molecule has 0 heterocycles. The van der Waals surface area contributed by atoms with E-state index < -0.39 is 28.7 Å². The molecular weight excluding hydrogens is 480 g/mol. The summed E-state index contributed by atoms with van der Waals surface area (Å²) in [6.07, 6.45) is 2.13. The lowest BCUT2D eigenvalue weighted by atomic mass is 10.1. The smallest absolute Gasteiger partial charge is 0.304 e. The number of hydrogen-bond donors (Lipinski definition) is 1. The van der Waals surface area contributed by atoms with E-state index in [2.05, 4.69) is 5.32 Å².